The van der Waals surface area contributed by atoms with Crippen molar-refractivity contribution in [3.63, 3.8) is 0 Å². The summed E-state index contributed by atoms with van der Waals surface area (Å²) in [6.07, 6.45) is 19.1. The third-order valence-corrected chi connectivity index (χ3v) is 7.00. The molecule has 2 aromatic carbocycles. The van der Waals surface area contributed by atoms with E-state index in [1.807, 2.05) is 0 Å². The van der Waals surface area contributed by atoms with Crippen molar-refractivity contribution in [3.8, 4) is 72.4 Å². The van der Waals surface area contributed by atoms with Crippen molar-refractivity contribution >= 4 is 23.9 Å². The van der Waals surface area contributed by atoms with Crippen LogP contribution in [0.2, 0.25) is 0 Å². The van der Waals surface area contributed by atoms with Crippen molar-refractivity contribution in [2.75, 3.05) is 79.3 Å². The van der Waals surface area contributed by atoms with E-state index in [4.69, 9.17) is 77.8 Å². The van der Waals surface area contributed by atoms with Crippen LogP contribution in [0.5, 0.6) is 23.0 Å². The molecular weight excluding hydrogens is 768 g/mol. The van der Waals surface area contributed by atoms with Gasteiger partial charge in [-0.25, -0.2) is 19.2 Å². The van der Waals surface area contributed by atoms with Crippen LogP contribution < -0.4 is 18.9 Å². The molecule has 0 bridgehead atoms. The minimum atomic E-state index is -0.981. The molecule has 2 aromatic rings. The number of hydrogen-bond acceptors (Lipinski definition) is 15. The molecule has 0 radical (unpaired) electrons. The number of carbonyl (C=O) groups is 4. The molecular formula is C44H46O15. The van der Waals surface area contributed by atoms with E-state index < -0.39 is 36.1 Å². The summed E-state index contributed by atoms with van der Waals surface area (Å²) in [5.74, 6) is 7.38. The minimum absolute atomic E-state index is 0.0301. The second kappa shape index (κ2) is 27.7. The molecule has 312 valence electrons. The summed E-state index contributed by atoms with van der Waals surface area (Å²) in [5.41, 5.74) is 0.499. The number of hydrogen-bond donors (Lipinski definition) is 0. The first-order chi connectivity index (χ1) is 28.4. The van der Waals surface area contributed by atoms with Crippen LogP contribution in [0.4, 0.5) is 0 Å². The molecule has 0 spiro atoms. The second-order valence-electron chi connectivity index (χ2n) is 11.9. The Morgan fingerprint density at radius 3 is 1.20 bits per heavy atom. The Morgan fingerprint density at radius 1 is 0.525 bits per heavy atom. The monoisotopic (exact) mass is 814 g/mol. The highest BCUT2D eigenvalue weighted by Crippen LogP contribution is 2.30. The molecule has 59 heavy (non-hydrogen) atoms. The van der Waals surface area contributed by atoms with Gasteiger partial charge in [0.05, 0.1) is 50.8 Å². The summed E-state index contributed by atoms with van der Waals surface area (Å²) < 4.78 is 60.1. The molecule has 0 aliphatic carbocycles. The van der Waals surface area contributed by atoms with Crippen LogP contribution >= 0.6 is 0 Å². The summed E-state index contributed by atoms with van der Waals surface area (Å²) in [5, 5.41) is 0. The van der Waals surface area contributed by atoms with Gasteiger partial charge in [0.15, 0.2) is 35.2 Å². The fraction of sp³-hybridized carbons (Fsp3) is 0.364. The molecule has 0 aromatic heterocycles. The lowest BCUT2D eigenvalue weighted by Gasteiger charge is -2.19. The smallest absolute Gasteiger partial charge is 0.338 e. The molecule has 0 N–H and O–H groups in total. The van der Waals surface area contributed by atoms with Crippen molar-refractivity contribution in [1.82, 2.24) is 0 Å². The molecule has 0 heterocycles. The summed E-state index contributed by atoms with van der Waals surface area (Å²) in [6, 6.07) is 8.64. The van der Waals surface area contributed by atoms with Crippen molar-refractivity contribution < 1.29 is 71.3 Å². The molecule has 0 aliphatic heterocycles. The van der Waals surface area contributed by atoms with E-state index in [1.54, 1.807) is 0 Å². The summed E-state index contributed by atoms with van der Waals surface area (Å²) in [4.78, 5) is 50.2. The Hall–Kier alpha value is -6.88. The summed E-state index contributed by atoms with van der Waals surface area (Å²) >= 11 is 0. The zero-order valence-corrected chi connectivity index (χ0v) is 33.0. The highest BCUT2D eigenvalue weighted by atomic mass is 16.6. The van der Waals surface area contributed by atoms with Gasteiger partial charge in [-0.2, -0.15) is 0 Å². The first-order valence-electron chi connectivity index (χ1n) is 17.8. The van der Waals surface area contributed by atoms with Crippen LogP contribution in [-0.4, -0.2) is 115 Å². The lowest BCUT2D eigenvalue weighted by Crippen LogP contribution is -2.31. The van der Waals surface area contributed by atoms with Gasteiger partial charge in [0.2, 0.25) is 0 Å². The zero-order valence-electron chi connectivity index (χ0n) is 33.0. The van der Waals surface area contributed by atoms with Gasteiger partial charge in [0.1, 0.15) is 39.6 Å². The largest absolute Gasteiger partial charge is 0.477 e. The van der Waals surface area contributed by atoms with Crippen LogP contribution in [0.15, 0.2) is 60.7 Å². The first-order valence-corrected chi connectivity index (χ1v) is 17.8. The molecule has 2 unspecified atom stereocenters. The predicted molar refractivity (Wildman–Crippen MR) is 213 cm³/mol. The van der Waals surface area contributed by atoms with E-state index >= 15 is 0 Å². The van der Waals surface area contributed by atoms with Gasteiger partial charge in [-0.15, -0.1) is 25.7 Å². The average molecular weight is 815 g/mol. The van der Waals surface area contributed by atoms with Crippen molar-refractivity contribution in [3.05, 3.63) is 71.8 Å². The first kappa shape index (κ1) is 48.3. The molecule has 15 heteroatoms. The van der Waals surface area contributed by atoms with E-state index in [9.17, 15) is 19.2 Å². The Labute approximate surface area is 344 Å². The highest BCUT2D eigenvalue weighted by Gasteiger charge is 2.22. The van der Waals surface area contributed by atoms with Gasteiger partial charge in [-0.3, -0.25) is 0 Å². The minimum Gasteiger partial charge on any atom is -0.477 e. The molecule has 0 amide bonds. The molecule has 2 rings (SSSR count). The molecule has 15 nitrogen and oxygen atoms in total. The third-order valence-electron chi connectivity index (χ3n) is 7.00. The van der Waals surface area contributed by atoms with Crippen LogP contribution in [0.25, 0.3) is 0 Å². The van der Waals surface area contributed by atoms with Crippen molar-refractivity contribution in [1.29, 1.82) is 0 Å². The molecule has 0 aliphatic rings. The van der Waals surface area contributed by atoms with Crippen LogP contribution in [0.1, 0.15) is 34.6 Å². The Kier molecular flexibility index (Phi) is 22.6. The maximum absolute atomic E-state index is 12.9. The molecule has 0 saturated heterocycles. The maximum atomic E-state index is 12.9. The summed E-state index contributed by atoms with van der Waals surface area (Å²) in [7, 11) is 0. The topological polar surface area (TPSA) is 170 Å². The third kappa shape index (κ3) is 18.7. The number of terminal acetylenes is 4. The van der Waals surface area contributed by atoms with E-state index in [2.05, 4.69) is 36.8 Å². The van der Waals surface area contributed by atoms with Crippen molar-refractivity contribution in [2.24, 2.45) is 0 Å². The van der Waals surface area contributed by atoms with Crippen LogP contribution in [0.3, 0.4) is 0 Å². The molecule has 0 fully saturated rings. The SMILES string of the molecule is C#CCOc1ccc(C(=O)OCC(COCCOCCOCC(COC(=O)c2ccc(OCC#C)c(OCC#C)c2)OC(=O)C(=C)C)OC(=O)C(=C)C)cc1OCC#C. The zero-order chi connectivity index (χ0) is 43.4. The van der Waals surface area contributed by atoms with Crippen LogP contribution in [-0.2, 0) is 42.7 Å². The van der Waals surface area contributed by atoms with Gasteiger partial charge in [0, 0.05) is 11.1 Å². The predicted octanol–water partition coefficient (Wildman–Crippen LogP) is 3.77. The number of esters is 4. The van der Waals surface area contributed by atoms with Gasteiger partial charge in [-0.1, -0.05) is 36.8 Å². The fourth-order valence-corrected chi connectivity index (χ4v) is 4.22. The fourth-order valence-electron chi connectivity index (χ4n) is 4.22. The number of ether oxygens (including phenoxy) is 11. The normalized spacial score (nSPS) is 11.1. The van der Waals surface area contributed by atoms with Gasteiger partial charge in [-0.05, 0) is 50.2 Å². The van der Waals surface area contributed by atoms with Gasteiger partial charge in [0.25, 0.3) is 0 Å². The van der Waals surface area contributed by atoms with Crippen molar-refractivity contribution in [2.45, 2.75) is 26.1 Å². The van der Waals surface area contributed by atoms with E-state index in [0.717, 1.165) is 0 Å². The lowest BCUT2D eigenvalue weighted by atomic mass is 10.2. The van der Waals surface area contributed by atoms with Gasteiger partial charge < -0.3 is 52.1 Å². The average Bonchev–Trinajstić information content (AvgIpc) is 3.23. The molecule has 2 atom stereocenters. The number of carbonyl (C=O) groups excluding carboxylic acids is 4. The second-order valence-corrected chi connectivity index (χ2v) is 11.9. The van der Waals surface area contributed by atoms with Gasteiger partial charge >= 0.3 is 23.9 Å². The quantitative estimate of drug-likeness (QED) is 0.0400. The van der Waals surface area contributed by atoms with E-state index in [1.165, 1.54) is 50.2 Å². The Balaban J connectivity index is 1.85. The standard InChI is InChI=1S/C44H46O15/c1-9-17-52-37-15-13-33(25-39(37)54-19-11-3)43(47)56-29-35(58-41(45)31(5)6)27-50-23-21-49-22-24-51-28-36(59-42(46)32(7)8)30-57-44(48)34-14-16-38(53-18-10-2)40(26-34)55-20-12-4/h1-4,13-16,25-26,35-36H,5,7,17-24,27-30H2,6,8H3. The highest BCUT2D eigenvalue weighted by molar-refractivity contribution is 5.91. The van der Waals surface area contributed by atoms with Crippen LogP contribution in [0, 0.1) is 49.4 Å². The molecule has 0 saturated carbocycles. The Bertz CT molecular complexity index is 1780. The summed E-state index contributed by atoms with van der Waals surface area (Å²) in [6.45, 7) is 9.27. The lowest BCUT2D eigenvalue weighted by molar-refractivity contribution is -0.150. The number of benzene rings is 2. The number of rotatable bonds is 28. The van der Waals surface area contributed by atoms with E-state index in [0.29, 0.717) is 0 Å². The maximum Gasteiger partial charge on any atom is 0.338 e. The Morgan fingerprint density at radius 2 is 0.864 bits per heavy atom. The van der Waals surface area contributed by atoms with E-state index in [-0.39, 0.29) is 125 Å².